The molecule has 1 aromatic rings. The number of hydrogen-bond donors (Lipinski definition) is 0. The Bertz CT molecular complexity index is 412. The van der Waals surface area contributed by atoms with Crippen molar-refractivity contribution in [3.8, 4) is 0 Å². The SMILES string of the molecule is Cc1cn(C2=CCCC(C)(C)C=N2)nn1. The maximum atomic E-state index is 4.46. The van der Waals surface area contributed by atoms with Gasteiger partial charge in [-0.25, -0.2) is 9.67 Å². The molecule has 1 aliphatic rings. The summed E-state index contributed by atoms with van der Waals surface area (Å²) in [7, 11) is 0. The third-order valence-electron chi connectivity index (χ3n) is 2.50. The van der Waals surface area contributed by atoms with Crippen LogP contribution in [-0.2, 0) is 0 Å². The topological polar surface area (TPSA) is 43.1 Å². The molecule has 0 saturated carbocycles. The van der Waals surface area contributed by atoms with Crippen LogP contribution in [0.4, 0.5) is 0 Å². The summed E-state index contributed by atoms with van der Waals surface area (Å²) in [6.07, 6.45) is 8.15. The van der Waals surface area contributed by atoms with Crippen molar-refractivity contribution in [1.29, 1.82) is 0 Å². The van der Waals surface area contributed by atoms with Gasteiger partial charge in [-0.3, -0.25) is 0 Å². The zero-order valence-corrected chi connectivity index (χ0v) is 9.44. The largest absolute Gasteiger partial charge is 0.241 e. The minimum Gasteiger partial charge on any atom is -0.241 e. The number of aryl methyl sites for hydroxylation is 1. The van der Waals surface area contributed by atoms with E-state index in [0.29, 0.717) is 0 Å². The number of aromatic nitrogens is 3. The fraction of sp³-hybridized carbons (Fsp3) is 0.545. The minimum absolute atomic E-state index is 0.174. The number of hydrogen-bond acceptors (Lipinski definition) is 3. The first-order valence-electron chi connectivity index (χ1n) is 5.22. The fourth-order valence-corrected chi connectivity index (χ4v) is 1.54. The second-order valence-corrected chi connectivity index (χ2v) is 4.65. The van der Waals surface area contributed by atoms with Gasteiger partial charge in [-0.15, -0.1) is 5.10 Å². The van der Waals surface area contributed by atoms with Crippen molar-refractivity contribution in [2.45, 2.75) is 33.6 Å². The van der Waals surface area contributed by atoms with E-state index in [1.807, 2.05) is 19.3 Å². The smallest absolute Gasteiger partial charge is 0.150 e. The molecule has 4 heteroatoms. The molecule has 0 N–H and O–H groups in total. The van der Waals surface area contributed by atoms with Gasteiger partial charge in [0.15, 0.2) is 5.82 Å². The van der Waals surface area contributed by atoms with E-state index < -0.39 is 0 Å². The maximum absolute atomic E-state index is 4.46. The molecule has 80 valence electrons. The van der Waals surface area contributed by atoms with Gasteiger partial charge in [0, 0.05) is 11.6 Å². The molecule has 0 fully saturated rings. The predicted molar refractivity (Wildman–Crippen MR) is 60.5 cm³/mol. The Hall–Kier alpha value is -1.45. The molecular formula is C11H16N4. The molecule has 15 heavy (non-hydrogen) atoms. The first-order chi connectivity index (χ1) is 7.07. The van der Waals surface area contributed by atoms with E-state index in [-0.39, 0.29) is 5.41 Å². The highest BCUT2D eigenvalue weighted by molar-refractivity contribution is 5.71. The number of rotatable bonds is 1. The van der Waals surface area contributed by atoms with Crippen molar-refractivity contribution >= 4 is 12.0 Å². The highest BCUT2D eigenvalue weighted by Crippen LogP contribution is 2.24. The van der Waals surface area contributed by atoms with Gasteiger partial charge in [0.25, 0.3) is 0 Å². The summed E-state index contributed by atoms with van der Waals surface area (Å²) in [5, 5.41) is 7.97. The third kappa shape index (κ3) is 2.32. The predicted octanol–water partition coefficient (Wildman–Crippen LogP) is 2.28. The van der Waals surface area contributed by atoms with Gasteiger partial charge in [0.05, 0.1) is 11.9 Å². The van der Waals surface area contributed by atoms with E-state index in [1.54, 1.807) is 4.68 Å². The molecule has 0 radical (unpaired) electrons. The third-order valence-corrected chi connectivity index (χ3v) is 2.50. The van der Waals surface area contributed by atoms with Crippen LogP contribution in [0, 0.1) is 12.3 Å². The average Bonchev–Trinajstić information content (AvgIpc) is 2.49. The summed E-state index contributed by atoms with van der Waals surface area (Å²) in [4.78, 5) is 4.46. The second-order valence-electron chi connectivity index (χ2n) is 4.65. The summed E-state index contributed by atoms with van der Waals surface area (Å²) in [5.74, 6) is 0.876. The van der Waals surface area contributed by atoms with Gasteiger partial charge in [-0.2, -0.15) is 0 Å². The van der Waals surface area contributed by atoms with E-state index in [1.165, 1.54) is 0 Å². The van der Waals surface area contributed by atoms with Crippen LogP contribution in [0.5, 0.6) is 0 Å². The molecule has 0 amide bonds. The van der Waals surface area contributed by atoms with Crippen LogP contribution in [0.25, 0.3) is 5.82 Å². The van der Waals surface area contributed by atoms with Gasteiger partial charge < -0.3 is 0 Å². The Morgan fingerprint density at radius 1 is 1.40 bits per heavy atom. The van der Waals surface area contributed by atoms with Crippen molar-refractivity contribution in [3.63, 3.8) is 0 Å². The van der Waals surface area contributed by atoms with Crippen LogP contribution in [0.1, 0.15) is 32.4 Å². The zero-order chi connectivity index (χ0) is 10.9. The standard InChI is InChI=1S/C11H16N4/c1-9-7-15(14-13-9)10-5-4-6-11(2,3)8-12-10/h5,7-8H,4,6H2,1-3H3. The Labute approximate surface area is 89.7 Å². The first-order valence-corrected chi connectivity index (χ1v) is 5.22. The number of nitrogens with zero attached hydrogens (tertiary/aromatic N) is 4. The minimum atomic E-state index is 0.174. The molecule has 1 aromatic heterocycles. The number of aliphatic imine (C=N–C) groups is 1. The molecule has 0 unspecified atom stereocenters. The molecule has 4 nitrogen and oxygen atoms in total. The molecule has 2 heterocycles. The highest BCUT2D eigenvalue weighted by atomic mass is 15.4. The summed E-state index contributed by atoms with van der Waals surface area (Å²) >= 11 is 0. The highest BCUT2D eigenvalue weighted by Gasteiger charge is 2.17. The van der Waals surface area contributed by atoms with E-state index >= 15 is 0 Å². The monoisotopic (exact) mass is 204 g/mol. The lowest BCUT2D eigenvalue weighted by Gasteiger charge is -2.15. The molecule has 0 spiro atoms. The lowest BCUT2D eigenvalue weighted by atomic mass is 9.90. The van der Waals surface area contributed by atoms with Crippen LogP contribution >= 0.6 is 0 Å². The quantitative estimate of drug-likeness (QED) is 0.704. The van der Waals surface area contributed by atoms with E-state index in [0.717, 1.165) is 24.4 Å². The lowest BCUT2D eigenvalue weighted by molar-refractivity contribution is 0.495. The Morgan fingerprint density at radius 3 is 2.87 bits per heavy atom. The molecule has 0 saturated heterocycles. The van der Waals surface area contributed by atoms with Crippen LogP contribution in [0.3, 0.4) is 0 Å². The summed E-state index contributed by atoms with van der Waals surface area (Å²) < 4.78 is 1.73. The number of allylic oxidation sites excluding steroid dienone is 1. The van der Waals surface area contributed by atoms with Gasteiger partial charge >= 0.3 is 0 Å². The zero-order valence-electron chi connectivity index (χ0n) is 9.44. The molecule has 0 aliphatic carbocycles. The normalized spacial score (nSPS) is 19.8. The summed E-state index contributed by atoms with van der Waals surface area (Å²) in [6.45, 7) is 6.31. The van der Waals surface area contributed by atoms with Crippen LogP contribution < -0.4 is 0 Å². The van der Waals surface area contributed by atoms with Crippen molar-refractivity contribution in [2.24, 2.45) is 10.4 Å². The van der Waals surface area contributed by atoms with Crippen molar-refractivity contribution in [3.05, 3.63) is 18.0 Å². The summed E-state index contributed by atoms with van der Waals surface area (Å²) in [5.41, 5.74) is 1.09. The maximum Gasteiger partial charge on any atom is 0.150 e. The molecule has 0 aromatic carbocycles. The fourth-order valence-electron chi connectivity index (χ4n) is 1.54. The molecular weight excluding hydrogens is 188 g/mol. The van der Waals surface area contributed by atoms with Crippen LogP contribution in [0.15, 0.2) is 17.3 Å². The van der Waals surface area contributed by atoms with Crippen LogP contribution in [-0.4, -0.2) is 21.2 Å². The van der Waals surface area contributed by atoms with Gasteiger partial charge in [0.2, 0.25) is 0 Å². The van der Waals surface area contributed by atoms with Crippen molar-refractivity contribution in [2.75, 3.05) is 0 Å². The lowest BCUT2D eigenvalue weighted by Crippen LogP contribution is -2.11. The molecule has 1 aliphatic heterocycles. The van der Waals surface area contributed by atoms with Crippen molar-refractivity contribution < 1.29 is 0 Å². The summed E-state index contributed by atoms with van der Waals surface area (Å²) in [6, 6.07) is 0. The van der Waals surface area contributed by atoms with Crippen LogP contribution in [0.2, 0.25) is 0 Å². The first kappa shape index (κ1) is 10.1. The van der Waals surface area contributed by atoms with E-state index in [9.17, 15) is 0 Å². The van der Waals surface area contributed by atoms with Gasteiger partial charge in [-0.1, -0.05) is 19.1 Å². The average molecular weight is 204 g/mol. The molecule has 0 atom stereocenters. The van der Waals surface area contributed by atoms with E-state index in [2.05, 4.69) is 35.2 Å². The molecule has 0 bridgehead atoms. The Kier molecular flexibility index (Phi) is 2.42. The van der Waals surface area contributed by atoms with E-state index in [4.69, 9.17) is 0 Å². The van der Waals surface area contributed by atoms with Gasteiger partial charge in [-0.05, 0) is 25.8 Å². The van der Waals surface area contributed by atoms with Gasteiger partial charge in [0.1, 0.15) is 0 Å². The molecule has 2 rings (SSSR count). The van der Waals surface area contributed by atoms with Crippen molar-refractivity contribution in [1.82, 2.24) is 15.0 Å². The second kappa shape index (κ2) is 3.61. The Morgan fingerprint density at radius 2 is 2.20 bits per heavy atom. The Balaban J connectivity index is 2.27.